The number of amides is 1. The predicted octanol–water partition coefficient (Wildman–Crippen LogP) is 0.472. The molecular weight excluding hydrogens is 242 g/mol. The number of carbonyl (C=O) groups excluding carboxylic acids is 1. The number of hydrogen-bond acceptors (Lipinski definition) is 3. The number of hydrogen-bond donors (Lipinski definition) is 1. The molecular formula is C14H23N3O2. The Morgan fingerprint density at radius 2 is 2.16 bits per heavy atom. The molecule has 1 atom stereocenters. The minimum absolute atomic E-state index is 0.106. The van der Waals surface area contributed by atoms with E-state index in [1.54, 1.807) is 0 Å². The Hall–Kier alpha value is -1.33. The third kappa shape index (κ3) is 2.82. The molecule has 5 nitrogen and oxygen atoms in total. The van der Waals surface area contributed by atoms with E-state index in [-0.39, 0.29) is 18.6 Å². The summed E-state index contributed by atoms with van der Waals surface area (Å²) in [4.78, 5) is 16.6. The SMILES string of the molecule is Cc1c(C(=O)N2CCN(C)[C@H](CCO)C2)ccn1C. The molecule has 19 heavy (non-hydrogen) atoms. The molecule has 0 aromatic carbocycles. The molecule has 0 unspecified atom stereocenters. The Bertz CT molecular complexity index is 456. The van der Waals surface area contributed by atoms with Crippen LogP contribution in [-0.4, -0.2) is 64.7 Å². The standard InChI is InChI=1S/C14H23N3O2/c1-11-13(4-6-15(11)2)14(19)17-8-7-16(3)12(10-17)5-9-18/h4,6,12,18H,5,7-10H2,1-3H3/t12-/m1/s1. The zero-order valence-corrected chi connectivity index (χ0v) is 12.0. The molecule has 0 radical (unpaired) electrons. The second-order valence-electron chi connectivity index (χ2n) is 5.32. The Balaban J connectivity index is 2.09. The van der Waals surface area contributed by atoms with E-state index in [1.165, 1.54) is 0 Å². The summed E-state index contributed by atoms with van der Waals surface area (Å²) in [6, 6.07) is 2.14. The lowest BCUT2D eigenvalue weighted by atomic mass is 10.1. The smallest absolute Gasteiger partial charge is 0.255 e. The summed E-state index contributed by atoms with van der Waals surface area (Å²) in [5.41, 5.74) is 1.79. The van der Waals surface area contributed by atoms with Crippen LogP contribution in [0.2, 0.25) is 0 Å². The number of aromatic nitrogens is 1. The van der Waals surface area contributed by atoms with Gasteiger partial charge in [0, 0.05) is 51.2 Å². The molecule has 1 N–H and O–H groups in total. The average molecular weight is 265 g/mol. The highest BCUT2D eigenvalue weighted by Gasteiger charge is 2.28. The fourth-order valence-electron chi connectivity index (χ4n) is 2.60. The maximum absolute atomic E-state index is 12.5. The molecule has 1 aliphatic heterocycles. The van der Waals surface area contributed by atoms with Gasteiger partial charge < -0.3 is 14.6 Å². The first-order chi connectivity index (χ1) is 9.04. The van der Waals surface area contributed by atoms with E-state index in [1.807, 2.05) is 35.7 Å². The monoisotopic (exact) mass is 265 g/mol. The molecule has 0 saturated carbocycles. The molecule has 0 bridgehead atoms. The van der Waals surface area contributed by atoms with Crippen LogP contribution in [-0.2, 0) is 7.05 Å². The van der Waals surface area contributed by atoms with Crippen LogP contribution in [0.3, 0.4) is 0 Å². The second kappa shape index (κ2) is 5.75. The van der Waals surface area contributed by atoms with Crippen LogP contribution in [0.1, 0.15) is 22.5 Å². The fourth-order valence-corrected chi connectivity index (χ4v) is 2.60. The van der Waals surface area contributed by atoms with Gasteiger partial charge in [0.15, 0.2) is 0 Å². The Labute approximate surface area is 114 Å². The molecule has 2 rings (SSSR count). The highest BCUT2D eigenvalue weighted by atomic mass is 16.3. The van der Waals surface area contributed by atoms with Gasteiger partial charge in [0.2, 0.25) is 0 Å². The van der Waals surface area contributed by atoms with E-state index in [4.69, 9.17) is 5.11 Å². The maximum Gasteiger partial charge on any atom is 0.255 e. The average Bonchev–Trinajstić information content (AvgIpc) is 2.72. The minimum Gasteiger partial charge on any atom is -0.396 e. The van der Waals surface area contributed by atoms with Crippen LogP contribution in [0.4, 0.5) is 0 Å². The quantitative estimate of drug-likeness (QED) is 0.864. The summed E-state index contributed by atoms with van der Waals surface area (Å²) in [5, 5.41) is 9.09. The van der Waals surface area contributed by atoms with E-state index in [0.717, 1.165) is 24.3 Å². The van der Waals surface area contributed by atoms with Crippen LogP contribution < -0.4 is 0 Å². The van der Waals surface area contributed by atoms with Crippen molar-refractivity contribution >= 4 is 5.91 Å². The van der Waals surface area contributed by atoms with Gasteiger partial charge in [-0.25, -0.2) is 0 Å². The lowest BCUT2D eigenvalue weighted by Crippen LogP contribution is -2.53. The molecule has 1 fully saturated rings. The molecule has 1 saturated heterocycles. The van der Waals surface area contributed by atoms with Crippen molar-refractivity contribution in [2.24, 2.45) is 7.05 Å². The van der Waals surface area contributed by atoms with Crippen molar-refractivity contribution in [3.05, 3.63) is 23.5 Å². The number of aryl methyl sites for hydroxylation is 1. The van der Waals surface area contributed by atoms with E-state index in [2.05, 4.69) is 11.9 Å². The lowest BCUT2D eigenvalue weighted by molar-refractivity contribution is 0.0500. The topological polar surface area (TPSA) is 48.7 Å². The van der Waals surface area contributed by atoms with Crippen molar-refractivity contribution in [3.8, 4) is 0 Å². The predicted molar refractivity (Wildman–Crippen MR) is 74.2 cm³/mol. The molecule has 0 spiro atoms. The van der Waals surface area contributed by atoms with Gasteiger partial charge in [0.1, 0.15) is 0 Å². The number of aliphatic hydroxyl groups is 1. The van der Waals surface area contributed by atoms with Gasteiger partial charge in [-0.3, -0.25) is 9.69 Å². The van der Waals surface area contributed by atoms with Crippen LogP contribution in [0.25, 0.3) is 0 Å². The van der Waals surface area contributed by atoms with E-state index in [0.29, 0.717) is 13.0 Å². The Morgan fingerprint density at radius 1 is 1.42 bits per heavy atom. The van der Waals surface area contributed by atoms with Crippen molar-refractivity contribution in [3.63, 3.8) is 0 Å². The number of aliphatic hydroxyl groups excluding tert-OH is 1. The first kappa shape index (κ1) is 14.1. The van der Waals surface area contributed by atoms with Crippen LogP contribution in [0.15, 0.2) is 12.3 Å². The van der Waals surface area contributed by atoms with Gasteiger partial charge in [-0.15, -0.1) is 0 Å². The Morgan fingerprint density at radius 3 is 2.74 bits per heavy atom. The van der Waals surface area contributed by atoms with Gasteiger partial charge in [0.25, 0.3) is 5.91 Å². The first-order valence-corrected chi connectivity index (χ1v) is 6.77. The zero-order valence-electron chi connectivity index (χ0n) is 12.0. The number of piperazine rings is 1. The zero-order chi connectivity index (χ0) is 14.0. The molecule has 1 aliphatic rings. The molecule has 0 aliphatic carbocycles. The fraction of sp³-hybridized carbons (Fsp3) is 0.643. The normalized spacial score (nSPS) is 20.8. The molecule has 1 amide bonds. The van der Waals surface area contributed by atoms with E-state index < -0.39 is 0 Å². The lowest BCUT2D eigenvalue weighted by Gasteiger charge is -2.39. The largest absolute Gasteiger partial charge is 0.396 e. The van der Waals surface area contributed by atoms with Crippen LogP contribution in [0, 0.1) is 6.92 Å². The third-order valence-corrected chi connectivity index (χ3v) is 4.14. The van der Waals surface area contributed by atoms with Crippen molar-refractivity contribution in [2.45, 2.75) is 19.4 Å². The summed E-state index contributed by atoms with van der Waals surface area (Å²) >= 11 is 0. The highest BCUT2D eigenvalue weighted by molar-refractivity contribution is 5.95. The number of rotatable bonds is 3. The number of likely N-dealkylation sites (N-methyl/N-ethyl adjacent to an activating group) is 1. The van der Waals surface area contributed by atoms with Gasteiger partial charge >= 0.3 is 0 Å². The molecule has 2 heterocycles. The minimum atomic E-state index is 0.106. The first-order valence-electron chi connectivity index (χ1n) is 6.77. The highest BCUT2D eigenvalue weighted by Crippen LogP contribution is 2.16. The summed E-state index contributed by atoms with van der Waals surface area (Å²) in [5.74, 6) is 0.106. The van der Waals surface area contributed by atoms with E-state index in [9.17, 15) is 4.79 Å². The molecule has 1 aromatic heterocycles. The van der Waals surface area contributed by atoms with E-state index >= 15 is 0 Å². The van der Waals surface area contributed by atoms with Crippen molar-refractivity contribution in [2.75, 3.05) is 33.3 Å². The molecule has 106 valence electrons. The summed E-state index contributed by atoms with van der Waals surface area (Å²) in [6.45, 7) is 4.45. The molecule has 5 heteroatoms. The Kier molecular flexibility index (Phi) is 4.27. The van der Waals surface area contributed by atoms with Crippen molar-refractivity contribution in [1.29, 1.82) is 0 Å². The van der Waals surface area contributed by atoms with Gasteiger partial charge in [-0.1, -0.05) is 0 Å². The number of carbonyl (C=O) groups is 1. The summed E-state index contributed by atoms with van der Waals surface area (Å²) in [7, 11) is 4.00. The maximum atomic E-state index is 12.5. The summed E-state index contributed by atoms with van der Waals surface area (Å²) < 4.78 is 1.97. The summed E-state index contributed by atoms with van der Waals surface area (Å²) in [6.07, 6.45) is 2.64. The second-order valence-corrected chi connectivity index (χ2v) is 5.32. The van der Waals surface area contributed by atoms with Gasteiger partial charge in [-0.05, 0) is 26.5 Å². The van der Waals surface area contributed by atoms with Crippen molar-refractivity contribution in [1.82, 2.24) is 14.4 Å². The van der Waals surface area contributed by atoms with Crippen LogP contribution in [0.5, 0.6) is 0 Å². The van der Waals surface area contributed by atoms with Gasteiger partial charge in [-0.2, -0.15) is 0 Å². The van der Waals surface area contributed by atoms with Crippen LogP contribution >= 0.6 is 0 Å². The van der Waals surface area contributed by atoms with Crippen molar-refractivity contribution < 1.29 is 9.90 Å². The third-order valence-electron chi connectivity index (χ3n) is 4.14. The molecule has 1 aromatic rings. The van der Waals surface area contributed by atoms with Gasteiger partial charge in [0.05, 0.1) is 5.56 Å². The number of nitrogens with zero attached hydrogens (tertiary/aromatic N) is 3.